The Labute approximate surface area is 172 Å². The number of hydrogen-bond acceptors (Lipinski definition) is 4. The monoisotopic (exact) mass is 385 g/mol. The molecule has 29 heavy (non-hydrogen) atoms. The molecule has 4 rings (SSSR count). The smallest absolute Gasteiger partial charge is 0.219 e. The van der Waals surface area contributed by atoms with E-state index in [4.69, 9.17) is 10.00 Å². The summed E-state index contributed by atoms with van der Waals surface area (Å²) < 4.78 is 6.01. The maximum Gasteiger partial charge on any atom is 0.219 e. The highest BCUT2D eigenvalue weighted by Crippen LogP contribution is 2.31. The zero-order valence-electron chi connectivity index (χ0n) is 16.7. The van der Waals surface area contributed by atoms with E-state index in [0.717, 1.165) is 30.1 Å². The molecule has 1 aliphatic carbocycles. The van der Waals surface area contributed by atoms with Crippen LogP contribution in [0.4, 0.5) is 0 Å². The molecule has 1 saturated carbocycles. The van der Waals surface area contributed by atoms with Crippen molar-refractivity contribution in [2.24, 2.45) is 5.92 Å². The van der Waals surface area contributed by atoms with Crippen molar-refractivity contribution < 1.29 is 4.74 Å². The molecule has 0 spiro atoms. The number of ether oxygens (including phenoxy) is 1. The molecule has 1 aliphatic rings. The Balaban J connectivity index is 1.43. The van der Waals surface area contributed by atoms with Crippen molar-refractivity contribution in [3.8, 4) is 17.7 Å². The summed E-state index contributed by atoms with van der Waals surface area (Å²) >= 11 is 0. The van der Waals surface area contributed by atoms with Crippen LogP contribution in [0.1, 0.15) is 49.7 Å². The van der Waals surface area contributed by atoms with Crippen molar-refractivity contribution >= 4 is 10.8 Å². The second-order valence-corrected chi connectivity index (χ2v) is 7.84. The van der Waals surface area contributed by atoms with Gasteiger partial charge in [0.05, 0.1) is 5.56 Å². The fourth-order valence-electron chi connectivity index (χ4n) is 4.21. The van der Waals surface area contributed by atoms with Gasteiger partial charge in [0.25, 0.3) is 0 Å². The van der Waals surface area contributed by atoms with Crippen LogP contribution < -0.4 is 10.1 Å². The molecule has 0 amide bonds. The van der Waals surface area contributed by atoms with Crippen LogP contribution in [-0.4, -0.2) is 11.5 Å². The van der Waals surface area contributed by atoms with Crippen LogP contribution in [0, 0.1) is 17.2 Å². The third kappa shape index (κ3) is 4.93. The summed E-state index contributed by atoms with van der Waals surface area (Å²) in [6.07, 6.45) is 9.85. The van der Waals surface area contributed by atoms with Gasteiger partial charge in [-0.05, 0) is 42.0 Å². The quantitative estimate of drug-likeness (QED) is 0.510. The van der Waals surface area contributed by atoms with E-state index >= 15 is 0 Å². The van der Waals surface area contributed by atoms with Gasteiger partial charge in [-0.2, -0.15) is 5.26 Å². The summed E-state index contributed by atoms with van der Waals surface area (Å²) in [5.41, 5.74) is 1.81. The lowest BCUT2D eigenvalue weighted by atomic mass is 9.87. The van der Waals surface area contributed by atoms with Gasteiger partial charge in [-0.25, -0.2) is 4.98 Å². The van der Waals surface area contributed by atoms with Gasteiger partial charge >= 0.3 is 0 Å². The van der Waals surface area contributed by atoms with Crippen LogP contribution >= 0.6 is 0 Å². The zero-order chi connectivity index (χ0) is 19.9. The Morgan fingerprint density at radius 1 is 1.00 bits per heavy atom. The highest BCUT2D eigenvalue weighted by molar-refractivity contribution is 5.91. The predicted molar refractivity (Wildman–Crippen MR) is 116 cm³/mol. The van der Waals surface area contributed by atoms with E-state index in [-0.39, 0.29) is 0 Å². The minimum Gasteiger partial charge on any atom is -0.438 e. The first-order valence-electron chi connectivity index (χ1n) is 10.6. The number of nitrogens with one attached hydrogen (secondary N) is 1. The van der Waals surface area contributed by atoms with Gasteiger partial charge in [-0.1, -0.05) is 62.4 Å². The predicted octanol–water partition coefficient (Wildman–Crippen LogP) is 5.96. The summed E-state index contributed by atoms with van der Waals surface area (Å²) in [5.74, 6) is 2.18. The standard InChI is InChI=1S/C25H27N3O/c26-16-20-12-13-25(28-17-20)29-24-11-5-9-22-21(8-4-10-23(22)24)18-27-15-14-19-6-2-1-3-7-19/h4-5,8-13,17,19,27H,1-3,6-7,14-15,18H2. The number of benzene rings is 2. The van der Waals surface area contributed by atoms with Crippen LogP contribution in [0.5, 0.6) is 11.6 Å². The van der Waals surface area contributed by atoms with Crippen molar-refractivity contribution in [3.63, 3.8) is 0 Å². The molecule has 0 saturated heterocycles. The number of aromatic nitrogens is 1. The first kappa shape index (κ1) is 19.4. The van der Waals surface area contributed by atoms with Crippen molar-refractivity contribution in [3.05, 3.63) is 65.9 Å². The van der Waals surface area contributed by atoms with E-state index in [2.05, 4.69) is 40.6 Å². The fourth-order valence-corrected chi connectivity index (χ4v) is 4.21. The van der Waals surface area contributed by atoms with Crippen molar-refractivity contribution in [1.82, 2.24) is 10.3 Å². The molecule has 148 valence electrons. The van der Waals surface area contributed by atoms with E-state index in [1.807, 2.05) is 12.1 Å². The largest absolute Gasteiger partial charge is 0.438 e. The lowest BCUT2D eigenvalue weighted by Gasteiger charge is -2.21. The first-order valence-corrected chi connectivity index (χ1v) is 10.6. The maximum atomic E-state index is 8.92. The number of nitrogens with zero attached hydrogens (tertiary/aromatic N) is 2. The fraction of sp³-hybridized carbons (Fsp3) is 0.360. The second-order valence-electron chi connectivity index (χ2n) is 7.84. The third-order valence-corrected chi connectivity index (χ3v) is 5.82. The number of hydrogen-bond donors (Lipinski definition) is 1. The third-order valence-electron chi connectivity index (χ3n) is 5.82. The highest BCUT2D eigenvalue weighted by Gasteiger charge is 2.13. The summed E-state index contributed by atoms with van der Waals surface area (Å²) in [7, 11) is 0. The van der Waals surface area contributed by atoms with Crippen LogP contribution in [0.25, 0.3) is 10.8 Å². The van der Waals surface area contributed by atoms with E-state index in [0.29, 0.717) is 11.4 Å². The molecular formula is C25H27N3O. The van der Waals surface area contributed by atoms with Crippen LogP contribution in [-0.2, 0) is 6.54 Å². The number of nitriles is 1. The highest BCUT2D eigenvalue weighted by atomic mass is 16.5. The second kappa shape index (κ2) is 9.54. The van der Waals surface area contributed by atoms with E-state index in [1.54, 1.807) is 12.1 Å². The van der Waals surface area contributed by atoms with E-state index < -0.39 is 0 Å². The first-order chi connectivity index (χ1) is 14.3. The number of fused-ring (bicyclic) bond motifs is 1. The molecule has 0 atom stereocenters. The molecule has 0 radical (unpaired) electrons. The lowest BCUT2D eigenvalue weighted by molar-refractivity contribution is 0.334. The summed E-state index contributed by atoms with van der Waals surface area (Å²) in [6, 6.07) is 18.0. The Bertz CT molecular complexity index is 985. The molecule has 0 unspecified atom stereocenters. The van der Waals surface area contributed by atoms with Gasteiger partial charge in [0.2, 0.25) is 5.88 Å². The molecule has 1 N–H and O–H groups in total. The average Bonchev–Trinajstić information content (AvgIpc) is 2.78. The van der Waals surface area contributed by atoms with Gasteiger partial charge < -0.3 is 10.1 Å². The van der Waals surface area contributed by atoms with Gasteiger partial charge in [0, 0.05) is 24.2 Å². The van der Waals surface area contributed by atoms with Gasteiger partial charge in [0.15, 0.2) is 0 Å². The molecule has 3 aromatic rings. The molecule has 1 fully saturated rings. The molecular weight excluding hydrogens is 358 g/mol. The molecule has 4 heteroatoms. The summed E-state index contributed by atoms with van der Waals surface area (Å²) in [6.45, 7) is 1.94. The van der Waals surface area contributed by atoms with Crippen LogP contribution in [0.3, 0.4) is 0 Å². The van der Waals surface area contributed by atoms with Gasteiger partial charge in [-0.15, -0.1) is 0 Å². The average molecular weight is 386 g/mol. The summed E-state index contributed by atoms with van der Waals surface area (Å²) in [4.78, 5) is 4.22. The summed E-state index contributed by atoms with van der Waals surface area (Å²) in [5, 5.41) is 14.8. The minimum absolute atomic E-state index is 0.493. The molecule has 2 aromatic carbocycles. The zero-order valence-corrected chi connectivity index (χ0v) is 16.7. The van der Waals surface area contributed by atoms with Crippen molar-refractivity contribution in [2.75, 3.05) is 6.54 Å². The maximum absolute atomic E-state index is 8.92. The van der Waals surface area contributed by atoms with Crippen molar-refractivity contribution in [1.29, 1.82) is 5.26 Å². The Morgan fingerprint density at radius 2 is 1.83 bits per heavy atom. The normalized spacial score (nSPS) is 14.6. The molecule has 4 nitrogen and oxygen atoms in total. The van der Waals surface area contributed by atoms with Gasteiger partial charge in [-0.3, -0.25) is 0 Å². The van der Waals surface area contributed by atoms with Crippen LogP contribution in [0.2, 0.25) is 0 Å². The molecule has 0 bridgehead atoms. The Morgan fingerprint density at radius 3 is 2.62 bits per heavy atom. The van der Waals surface area contributed by atoms with E-state index in [1.165, 1.54) is 55.7 Å². The van der Waals surface area contributed by atoms with Gasteiger partial charge in [0.1, 0.15) is 11.8 Å². The van der Waals surface area contributed by atoms with E-state index in [9.17, 15) is 0 Å². The lowest BCUT2D eigenvalue weighted by Crippen LogP contribution is -2.19. The van der Waals surface area contributed by atoms with Crippen molar-refractivity contribution in [2.45, 2.75) is 45.1 Å². The topological polar surface area (TPSA) is 57.9 Å². The minimum atomic E-state index is 0.493. The molecule has 1 aromatic heterocycles. The Hall–Kier alpha value is -2.90. The SMILES string of the molecule is N#Cc1ccc(Oc2cccc3c(CNCCC4CCCCC4)cccc23)nc1. The Kier molecular flexibility index (Phi) is 6.38. The molecule has 0 aliphatic heterocycles. The molecule has 1 heterocycles. The number of rotatable bonds is 7. The van der Waals surface area contributed by atoms with Crippen LogP contribution in [0.15, 0.2) is 54.7 Å². The number of pyridine rings is 1.